The van der Waals surface area contributed by atoms with Crippen LogP contribution in [0.1, 0.15) is 17.5 Å². The molecule has 0 bridgehead atoms. The third-order valence-corrected chi connectivity index (χ3v) is 4.37. The molecule has 2 N–H and O–H groups in total. The molecule has 2 rings (SSSR count). The van der Waals surface area contributed by atoms with Crippen LogP contribution in [0.5, 0.6) is 11.5 Å². The van der Waals surface area contributed by atoms with E-state index in [1.54, 1.807) is 6.07 Å². The van der Waals surface area contributed by atoms with Crippen LogP contribution in [0.3, 0.4) is 0 Å². The highest BCUT2D eigenvalue weighted by atomic mass is 19.4. The molecule has 0 unspecified atom stereocenters. The van der Waals surface area contributed by atoms with Crippen LogP contribution in [0.25, 0.3) is 0 Å². The number of alkyl halides is 5. The Kier molecular flexibility index (Phi) is 8.77. The summed E-state index contributed by atoms with van der Waals surface area (Å²) in [5.74, 6) is -0.431. The molecule has 2 aromatic carbocycles. The minimum Gasteiger partial charge on any atom is -0.493 e. The van der Waals surface area contributed by atoms with Gasteiger partial charge in [-0.25, -0.2) is 0 Å². The molecular formula is C20H20F5N3O5. The molecule has 0 heterocycles. The van der Waals surface area contributed by atoms with Crippen molar-refractivity contribution in [3.8, 4) is 11.5 Å². The summed E-state index contributed by atoms with van der Waals surface area (Å²) in [4.78, 5) is 22.1. The van der Waals surface area contributed by atoms with Crippen LogP contribution in [-0.4, -0.2) is 37.6 Å². The lowest BCUT2D eigenvalue weighted by Crippen LogP contribution is -2.27. The summed E-state index contributed by atoms with van der Waals surface area (Å²) < 4.78 is 72.5. The zero-order valence-corrected chi connectivity index (χ0v) is 17.2. The van der Waals surface area contributed by atoms with E-state index < -0.39 is 34.9 Å². The maximum Gasteiger partial charge on any atom is 0.416 e. The van der Waals surface area contributed by atoms with Crippen molar-refractivity contribution >= 4 is 17.3 Å². The van der Waals surface area contributed by atoms with Crippen LogP contribution in [0.15, 0.2) is 36.4 Å². The fourth-order valence-electron chi connectivity index (χ4n) is 2.82. The second-order valence-electron chi connectivity index (χ2n) is 6.63. The molecule has 0 aliphatic rings. The van der Waals surface area contributed by atoms with Crippen LogP contribution in [0, 0.1) is 10.1 Å². The molecule has 0 saturated carbocycles. The van der Waals surface area contributed by atoms with Crippen LogP contribution in [0.2, 0.25) is 0 Å². The van der Waals surface area contributed by atoms with E-state index in [1.807, 2.05) is 0 Å². The molecule has 0 saturated heterocycles. The number of nitro groups is 1. The number of methoxy groups -OCH3 is 1. The Labute approximate surface area is 184 Å². The third-order valence-electron chi connectivity index (χ3n) is 4.37. The second kappa shape index (κ2) is 11.3. The number of nitrogens with one attached hydrogen (secondary N) is 2. The fourth-order valence-corrected chi connectivity index (χ4v) is 2.82. The van der Waals surface area contributed by atoms with Gasteiger partial charge in [0, 0.05) is 25.6 Å². The molecule has 0 radical (unpaired) electrons. The topological polar surface area (TPSA) is 103 Å². The number of nitro benzene ring substituents is 1. The summed E-state index contributed by atoms with van der Waals surface area (Å²) in [6.45, 7) is -2.92. The van der Waals surface area contributed by atoms with Gasteiger partial charge in [-0.2, -0.15) is 22.0 Å². The third kappa shape index (κ3) is 7.77. The molecule has 0 aliphatic carbocycles. The van der Waals surface area contributed by atoms with Gasteiger partial charge in [-0.1, -0.05) is 6.07 Å². The number of anilines is 1. The van der Waals surface area contributed by atoms with Gasteiger partial charge in [-0.05, 0) is 36.2 Å². The van der Waals surface area contributed by atoms with E-state index in [-0.39, 0.29) is 36.7 Å². The van der Waals surface area contributed by atoms with Crippen molar-refractivity contribution in [1.82, 2.24) is 5.32 Å². The number of benzene rings is 2. The molecule has 0 aliphatic heterocycles. The Morgan fingerprint density at radius 1 is 1.12 bits per heavy atom. The number of carbonyl (C=O) groups is 1. The van der Waals surface area contributed by atoms with Crippen molar-refractivity contribution < 1.29 is 41.1 Å². The molecule has 0 fully saturated rings. The van der Waals surface area contributed by atoms with E-state index >= 15 is 0 Å². The maximum absolute atomic E-state index is 12.7. The summed E-state index contributed by atoms with van der Waals surface area (Å²) in [6, 6.07) is 6.49. The number of ether oxygens (including phenoxy) is 2. The Hall–Kier alpha value is -3.64. The first-order valence-electron chi connectivity index (χ1n) is 9.49. The fraction of sp³-hybridized carbons (Fsp3) is 0.350. The normalized spacial score (nSPS) is 11.2. The van der Waals surface area contributed by atoms with Crippen molar-refractivity contribution in [3.05, 3.63) is 57.6 Å². The Morgan fingerprint density at radius 3 is 2.45 bits per heavy atom. The molecule has 180 valence electrons. The van der Waals surface area contributed by atoms with Crippen molar-refractivity contribution in [2.24, 2.45) is 0 Å². The van der Waals surface area contributed by atoms with Gasteiger partial charge in [-0.3, -0.25) is 14.9 Å². The smallest absolute Gasteiger partial charge is 0.416 e. The summed E-state index contributed by atoms with van der Waals surface area (Å²) in [6.07, 6.45) is -4.53. The average molecular weight is 477 g/mol. The number of halogens is 5. The predicted octanol–water partition coefficient (Wildman–Crippen LogP) is 4.38. The number of hydrogen-bond donors (Lipinski definition) is 2. The first-order valence-corrected chi connectivity index (χ1v) is 9.49. The van der Waals surface area contributed by atoms with Gasteiger partial charge in [0.25, 0.3) is 5.69 Å². The van der Waals surface area contributed by atoms with Gasteiger partial charge in [0.15, 0.2) is 11.5 Å². The largest absolute Gasteiger partial charge is 0.493 e. The van der Waals surface area contributed by atoms with E-state index in [4.69, 9.17) is 4.74 Å². The molecule has 2 aromatic rings. The van der Waals surface area contributed by atoms with E-state index in [0.29, 0.717) is 24.1 Å². The van der Waals surface area contributed by atoms with Crippen molar-refractivity contribution in [3.63, 3.8) is 0 Å². The van der Waals surface area contributed by atoms with Gasteiger partial charge in [-0.15, -0.1) is 0 Å². The number of nitrogens with zero attached hydrogens (tertiary/aromatic N) is 1. The highest BCUT2D eigenvalue weighted by Gasteiger charge is 2.33. The number of hydrogen-bond acceptors (Lipinski definition) is 6. The summed E-state index contributed by atoms with van der Waals surface area (Å²) in [5, 5.41) is 16.2. The van der Waals surface area contributed by atoms with Gasteiger partial charge in [0.05, 0.1) is 17.6 Å². The lowest BCUT2D eigenvalue weighted by atomic mass is 10.1. The number of rotatable bonds is 11. The lowest BCUT2D eigenvalue weighted by molar-refractivity contribution is -0.384. The zero-order chi connectivity index (χ0) is 24.6. The van der Waals surface area contributed by atoms with Gasteiger partial charge in [0.1, 0.15) is 5.69 Å². The molecule has 33 heavy (non-hydrogen) atoms. The van der Waals surface area contributed by atoms with Gasteiger partial charge >= 0.3 is 12.8 Å². The van der Waals surface area contributed by atoms with E-state index in [1.165, 1.54) is 19.2 Å². The first-order chi connectivity index (χ1) is 15.5. The standard InChI is InChI=1S/C20H20F5N3O5/c1-32-16-5-2-12(10-17(16)33-19(21)22)6-8-27-18(29)7-9-26-14-4-3-13(20(23,24)25)11-15(14)28(30)31/h2-5,10-11,19,26H,6-9H2,1H3,(H,27,29). The second-order valence-corrected chi connectivity index (χ2v) is 6.63. The Balaban J connectivity index is 1.85. The van der Waals surface area contributed by atoms with E-state index in [2.05, 4.69) is 15.4 Å². The number of amides is 1. The quantitative estimate of drug-likeness (QED) is 0.283. The number of carbonyl (C=O) groups excluding carboxylic acids is 1. The van der Waals surface area contributed by atoms with Crippen LogP contribution < -0.4 is 20.1 Å². The highest BCUT2D eigenvalue weighted by Crippen LogP contribution is 2.35. The summed E-state index contributed by atoms with van der Waals surface area (Å²) in [5.41, 5.74) is -1.46. The Bertz CT molecular complexity index is 985. The SMILES string of the molecule is COc1ccc(CCNC(=O)CCNc2ccc(C(F)(F)F)cc2[N+](=O)[O-])cc1OC(F)F. The van der Waals surface area contributed by atoms with Crippen molar-refractivity contribution in [1.29, 1.82) is 0 Å². The van der Waals surface area contributed by atoms with Gasteiger partial charge < -0.3 is 20.1 Å². The lowest BCUT2D eigenvalue weighted by Gasteiger charge is -2.12. The van der Waals surface area contributed by atoms with E-state index in [0.717, 1.165) is 6.07 Å². The van der Waals surface area contributed by atoms with Crippen LogP contribution in [0.4, 0.5) is 33.3 Å². The van der Waals surface area contributed by atoms with Crippen LogP contribution in [-0.2, 0) is 17.4 Å². The minimum absolute atomic E-state index is 0.0625. The van der Waals surface area contributed by atoms with E-state index in [9.17, 15) is 36.9 Å². The minimum atomic E-state index is -4.72. The highest BCUT2D eigenvalue weighted by molar-refractivity contribution is 5.76. The maximum atomic E-state index is 12.7. The van der Waals surface area contributed by atoms with Crippen LogP contribution >= 0.6 is 0 Å². The zero-order valence-electron chi connectivity index (χ0n) is 17.2. The molecule has 13 heteroatoms. The monoisotopic (exact) mass is 477 g/mol. The Morgan fingerprint density at radius 2 is 1.85 bits per heavy atom. The van der Waals surface area contributed by atoms with Crippen molar-refractivity contribution in [2.45, 2.75) is 25.6 Å². The molecule has 1 amide bonds. The molecule has 0 spiro atoms. The molecule has 0 aromatic heterocycles. The average Bonchev–Trinajstić information content (AvgIpc) is 2.73. The van der Waals surface area contributed by atoms with Gasteiger partial charge in [0.2, 0.25) is 5.91 Å². The predicted molar refractivity (Wildman–Crippen MR) is 108 cm³/mol. The first kappa shape index (κ1) is 25.6. The molecular weight excluding hydrogens is 457 g/mol. The molecule has 0 atom stereocenters. The van der Waals surface area contributed by atoms with Crippen molar-refractivity contribution in [2.75, 3.05) is 25.5 Å². The summed E-state index contributed by atoms with van der Waals surface area (Å²) in [7, 11) is 1.31. The molecule has 8 nitrogen and oxygen atoms in total. The summed E-state index contributed by atoms with van der Waals surface area (Å²) >= 11 is 0.